The maximum atomic E-state index is 4.30. The lowest BCUT2D eigenvalue weighted by Crippen LogP contribution is -1.93. The molecule has 2 rings (SSSR count). The van der Waals surface area contributed by atoms with Crippen LogP contribution in [0.4, 0.5) is 10.8 Å². The third-order valence-electron chi connectivity index (χ3n) is 2.32. The lowest BCUT2D eigenvalue weighted by molar-refractivity contribution is 1.30. The SMILES string of the molecule is Cc1cccc(Nc2nc(Br)cs2)c1C. The van der Waals surface area contributed by atoms with Crippen LogP contribution >= 0.6 is 27.3 Å². The molecule has 0 saturated heterocycles. The van der Waals surface area contributed by atoms with Gasteiger partial charge in [-0.05, 0) is 47.0 Å². The van der Waals surface area contributed by atoms with E-state index in [1.807, 2.05) is 11.4 Å². The van der Waals surface area contributed by atoms with E-state index in [0.29, 0.717) is 0 Å². The zero-order valence-electron chi connectivity index (χ0n) is 8.54. The molecular formula is C11H11BrN2S. The van der Waals surface area contributed by atoms with Crippen LogP contribution < -0.4 is 5.32 Å². The van der Waals surface area contributed by atoms with Crippen LogP contribution in [0.1, 0.15) is 11.1 Å². The standard InChI is InChI=1S/C11H11BrN2S/c1-7-4-3-5-9(8(7)2)13-11-14-10(12)6-15-11/h3-6H,1-2H3,(H,13,14). The number of halogens is 1. The van der Waals surface area contributed by atoms with Crippen LogP contribution in [0.5, 0.6) is 0 Å². The lowest BCUT2D eigenvalue weighted by atomic mass is 10.1. The molecule has 15 heavy (non-hydrogen) atoms. The summed E-state index contributed by atoms with van der Waals surface area (Å²) in [5.41, 5.74) is 3.68. The Morgan fingerprint density at radius 1 is 1.33 bits per heavy atom. The molecular weight excluding hydrogens is 272 g/mol. The van der Waals surface area contributed by atoms with Gasteiger partial charge in [0.25, 0.3) is 0 Å². The lowest BCUT2D eigenvalue weighted by Gasteiger charge is -2.08. The smallest absolute Gasteiger partial charge is 0.188 e. The predicted molar refractivity (Wildman–Crippen MR) is 69.0 cm³/mol. The second-order valence-corrected chi connectivity index (χ2v) is 5.02. The molecule has 0 radical (unpaired) electrons. The Hall–Kier alpha value is -0.870. The predicted octanol–water partition coefficient (Wildman–Crippen LogP) is 4.27. The molecule has 0 spiro atoms. The molecule has 0 fully saturated rings. The fraction of sp³-hybridized carbons (Fsp3) is 0.182. The molecule has 2 nitrogen and oxygen atoms in total. The Morgan fingerprint density at radius 2 is 2.13 bits per heavy atom. The van der Waals surface area contributed by atoms with Crippen molar-refractivity contribution in [2.45, 2.75) is 13.8 Å². The van der Waals surface area contributed by atoms with Gasteiger partial charge < -0.3 is 5.32 Å². The van der Waals surface area contributed by atoms with E-state index in [1.54, 1.807) is 11.3 Å². The Labute approximate surface area is 101 Å². The molecule has 0 amide bonds. The molecule has 1 N–H and O–H groups in total. The van der Waals surface area contributed by atoms with Crippen molar-refractivity contribution in [2.24, 2.45) is 0 Å². The van der Waals surface area contributed by atoms with Crippen molar-refractivity contribution in [3.8, 4) is 0 Å². The fourth-order valence-corrected chi connectivity index (χ4v) is 2.47. The van der Waals surface area contributed by atoms with Crippen LogP contribution in [0, 0.1) is 13.8 Å². The topological polar surface area (TPSA) is 24.9 Å². The molecule has 0 bridgehead atoms. The van der Waals surface area contributed by atoms with Gasteiger partial charge in [-0.25, -0.2) is 4.98 Å². The van der Waals surface area contributed by atoms with Gasteiger partial charge in [0.15, 0.2) is 5.13 Å². The second kappa shape index (κ2) is 4.33. The van der Waals surface area contributed by atoms with Gasteiger partial charge in [0.05, 0.1) is 0 Å². The van der Waals surface area contributed by atoms with Crippen LogP contribution in [0.2, 0.25) is 0 Å². The van der Waals surface area contributed by atoms with Gasteiger partial charge in [-0.3, -0.25) is 0 Å². The van der Waals surface area contributed by atoms with Crippen molar-refractivity contribution in [2.75, 3.05) is 5.32 Å². The number of benzene rings is 1. The number of anilines is 2. The fourth-order valence-electron chi connectivity index (χ4n) is 1.31. The number of aryl methyl sites for hydroxylation is 1. The van der Waals surface area contributed by atoms with Crippen LogP contribution in [0.3, 0.4) is 0 Å². The summed E-state index contributed by atoms with van der Waals surface area (Å²) in [6.45, 7) is 4.22. The Bertz CT molecular complexity index is 479. The van der Waals surface area contributed by atoms with Gasteiger partial charge in [-0.2, -0.15) is 0 Å². The highest BCUT2D eigenvalue weighted by Gasteiger charge is 2.03. The molecule has 0 atom stereocenters. The number of hydrogen-bond donors (Lipinski definition) is 1. The molecule has 0 aliphatic rings. The molecule has 0 aliphatic heterocycles. The van der Waals surface area contributed by atoms with Crippen LogP contribution in [-0.2, 0) is 0 Å². The maximum Gasteiger partial charge on any atom is 0.188 e. The highest BCUT2D eigenvalue weighted by molar-refractivity contribution is 9.10. The maximum absolute atomic E-state index is 4.30. The summed E-state index contributed by atoms with van der Waals surface area (Å²) < 4.78 is 0.875. The summed E-state index contributed by atoms with van der Waals surface area (Å²) in [5.74, 6) is 0. The molecule has 1 aromatic heterocycles. The van der Waals surface area contributed by atoms with E-state index in [0.717, 1.165) is 15.4 Å². The largest absolute Gasteiger partial charge is 0.331 e. The Morgan fingerprint density at radius 3 is 2.80 bits per heavy atom. The molecule has 0 saturated carbocycles. The zero-order valence-corrected chi connectivity index (χ0v) is 10.9. The molecule has 0 aliphatic carbocycles. The van der Waals surface area contributed by atoms with Crippen LogP contribution in [0.25, 0.3) is 0 Å². The molecule has 1 heterocycles. The first kappa shape index (κ1) is 10.6. The van der Waals surface area contributed by atoms with Crippen molar-refractivity contribution in [3.05, 3.63) is 39.3 Å². The molecule has 78 valence electrons. The minimum absolute atomic E-state index is 0.875. The molecule has 2 aromatic rings. The second-order valence-electron chi connectivity index (χ2n) is 3.35. The van der Waals surface area contributed by atoms with Crippen molar-refractivity contribution >= 4 is 38.1 Å². The summed E-state index contributed by atoms with van der Waals surface area (Å²) >= 11 is 4.93. The van der Waals surface area contributed by atoms with Gasteiger partial charge in [0.2, 0.25) is 0 Å². The van der Waals surface area contributed by atoms with E-state index in [9.17, 15) is 0 Å². The average Bonchev–Trinajstić information content (AvgIpc) is 2.59. The summed E-state index contributed by atoms with van der Waals surface area (Å²) in [5, 5.41) is 6.19. The van der Waals surface area contributed by atoms with Gasteiger partial charge in [-0.15, -0.1) is 11.3 Å². The molecule has 4 heteroatoms. The van der Waals surface area contributed by atoms with Gasteiger partial charge >= 0.3 is 0 Å². The van der Waals surface area contributed by atoms with Gasteiger partial charge in [-0.1, -0.05) is 12.1 Å². The van der Waals surface area contributed by atoms with Crippen molar-refractivity contribution < 1.29 is 0 Å². The van der Waals surface area contributed by atoms with Gasteiger partial charge in [0, 0.05) is 11.1 Å². The normalized spacial score (nSPS) is 10.3. The number of rotatable bonds is 2. The number of nitrogens with zero attached hydrogens (tertiary/aromatic N) is 1. The highest BCUT2D eigenvalue weighted by Crippen LogP contribution is 2.26. The molecule has 0 unspecified atom stereocenters. The minimum Gasteiger partial charge on any atom is -0.331 e. The van der Waals surface area contributed by atoms with E-state index in [1.165, 1.54) is 11.1 Å². The Kier molecular flexibility index (Phi) is 3.07. The summed E-state index contributed by atoms with van der Waals surface area (Å²) in [4.78, 5) is 4.30. The first-order valence-electron chi connectivity index (χ1n) is 4.61. The summed E-state index contributed by atoms with van der Waals surface area (Å²) in [6, 6.07) is 6.23. The van der Waals surface area contributed by atoms with Gasteiger partial charge in [0.1, 0.15) is 4.60 Å². The third-order valence-corrected chi connectivity index (χ3v) is 3.79. The minimum atomic E-state index is 0.875. The third kappa shape index (κ3) is 2.38. The van der Waals surface area contributed by atoms with Crippen LogP contribution in [-0.4, -0.2) is 4.98 Å². The number of nitrogens with one attached hydrogen (secondary N) is 1. The number of thiazole rings is 1. The van der Waals surface area contributed by atoms with Crippen molar-refractivity contribution in [3.63, 3.8) is 0 Å². The number of aromatic nitrogens is 1. The Balaban J connectivity index is 2.28. The van der Waals surface area contributed by atoms with E-state index in [-0.39, 0.29) is 0 Å². The first-order valence-corrected chi connectivity index (χ1v) is 6.28. The van der Waals surface area contributed by atoms with Crippen molar-refractivity contribution in [1.29, 1.82) is 0 Å². The van der Waals surface area contributed by atoms with Crippen molar-refractivity contribution in [1.82, 2.24) is 4.98 Å². The van der Waals surface area contributed by atoms with E-state index >= 15 is 0 Å². The van der Waals surface area contributed by atoms with E-state index in [2.05, 4.69) is 52.2 Å². The van der Waals surface area contributed by atoms with Crippen LogP contribution in [0.15, 0.2) is 28.2 Å². The van der Waals surface area contributed by atoms with E-state index in [4.69, 9.17) is 0 Å². The number of hydrogen-bond acceptors (Lipinski definition) is 3. The summed E-state index contributed by atoms with van der Waals surface area (Å²) in [6.07, 6.45) is 0. The molecule has 1 aromatic carbocycles. The highest BCUT2D eigenvalue weighted by atomic mass is 79.9. The quantitative estimate of drug-likeness (QED) is 0.890. The average molecular weight is 283 g/mol. The monoisotopic (exact) mass is 282 g/mol. The summed E-state index contributed by atoms with van der Waals surface area (Å²) in [7, 11) is 0. The first-order chi connectivity index (χ1) is 7.16. The zero-order chi connectivity index (χ0) is 10.8. The van der Waals surface area contributed by atoms with E-state index < -0.39 is 0 Å².